The van der Waals surface area contributed by atoms with E-state index in [1.807, 2.05) is 12.1 Å². The number of para-hydroxylation sites is 1. The van der Waals surface area contributed by atoms with Gasteiger partial charge in [-0.25, -0.2) is 0 Å². The maximum atomic E-state index is 13.2. The molecular formula is C28H36N4OS. The van der Waals surface area contributed by atoms with Crippen molar-refractivity contribution in [3.8, 4) is 17.1 Å². The molecule has 1 amide bonds. The predicted molar refractivity (Wildman–Crippen MR) is 141 cm³/mol. The minimum atomic E-state index is 0.0896. The van der Waals surface area contributed by atoms with Gasteiger partial charge in [-0.3, -0.25) is 9.36 Å². The van der Waals surface area contributed by atoms with Crippen LogP contribution in [0.4, 0.5) is 0 Å². The quantitative estimate of drug-likeness (QED) is 0.399. The number of benzene rings is 2. The number of piperidine rings is 1. The molecular weight excluding hydrogens is 440 g/mol. The Morgan fingerprint density at radius 1 is 1.00 bits per heavy atom. The molecule has 5 nitrogen and oxygen atoms in total. The van der Waals surface area contributed by atoms with Crippen LogP contribution in [-0.4, -0.2) is 43.4 Å². The largest absolute Gasteiger partial charge is 0.337 e. The van der Waals surface area contributed by atoms with Crippen LogP contribution in [0.5, 0.6) is 0 Å². The highest BCUT2D eigenvalue weighted by Gasteiger charge is 2.29. The topological polar surface area (TPSA) is 51.0 Å². The molecule has 0 saturated carbocycles. The molecule has 2 atom stereocenters. The molecule has 1 aliphatic heterocycles. The van der Waals surface area contributed by atoms with Crippen molar-refractivity contribution in [3.05, 3.63) is 59.7 Å². The molecule has 2 heterocycles. The minimum absolute atomic E-state index is 0.0896. The normalized spacial score (nSPS) is 18.8. The molecule has 180 valence electrons. The molecule has 0 bridgehead atoms. The van der Waals surface area contributed by atoms with Crippen molar-refractivity contribution in [2.45, 2.75) is 83.5 Å². The Kier molecular flexibility index (Phi) is 7.17. The Morgan fingerprint density at radius 3 is 2.26 bits per heavy atom. The van der Waals surface area contributed by atoms with Crippen LogP contribution in [-0.2, 0) is 10.2 Å². The van der Waals surface area contributed by atoms with E-state index in [1.165, 1.54) is 23.7 Å². The van der Waals surface area contributed by atoms with E-state index in [2.05, 4.69) is 97.6 Å². The second kappa shape index (κ2) is 9.95. The number of thioether (sulfide) groups is 1. The zero-order chi connectivity index (χ0) is 24.5. The molecule has 0 radical (unpaired) electrons. The molecule has 2 aromatic carbocycles. The number of carbonyl (C=O) groups is 1. The molecule has 0 N–H and O–H groups in total. The van der Waals surface area contributed by atoms with Crippen molar-refractivity contribution in [1.29, 1.82) is 0 Å². The molecule has 0 unspecified atom stereocenters. The van der Waals surface area contributed by atoms with Gasteiger partial charge in [0.2, 0.25) is 5.91 Å². The number of aryl methyl sites for hydroxylation is 1. The number of rotatable bonds is 5. The van der Waals surface area contributed by atoms with Crippen molar-refractivity contribution in [3.63, 3.8) is 0 Å². The summed E-state index contributed by atoms with van der Waals surface area (Å²) < 4.78 is 2.10. The fourth-order valence-electron chi connectivity index (χ4n) is 4.81. The third-order valence-corrected chi connectivity index (χ3v) is 7.72. The van der Waals surface area contributed by atoms with Crippen molar-refractivity contribution < 1.29 is 4.79 Å². The number of hydrogen-bond donors (Lipinski definition) is 0. The number of nitrogens with zero attached hydrogens (tertiary/aromatic N) is 4. The first-order valence-corrected chi connectivity index (χ1v) is 13.2. The molecule has 6 heteroatoms. The van der Waals surface area contributed by atoms with E-state index in [0.29, 0.717) is 17.8 Å². The first-order chi connectivity index (χ1) is 16.2. The molecule has 0 spiro atoms. The molecule has 1 saturated heterocycles. The van der Waals surface area contributed by atoms with Crippen LogP contribution in [0.15, 0.2) is 53.7 Å². The van der Waals surface area contributed by atoms with Crippen molar-refractivity contribution >= 4 is 17.7 Å². The van der Waals surface area contributed by atoms with Crippen LogP contribution in [0.3, 0.4) is 0 Å². The van der Waals surface area contributed by atoms with Crippen molar-refractivity contribution in [2.75, 3.05) is 5.75 Å². The monoisotopic (exact) mass is 476 g/mol. The lowest BCUT2D eigenvalue weighted by Gasteiger charge is -2.39. The summed E-state index contributed by atoms with van der Waals surface area (Å²) in [5.74, 6) is 1.34. The summed E-state index contributed by atoms with van der Waals surface area (Å²) in [6.07, 6.45) is 3.35. The van der Waals surface area contributed by atoms with Gasteiger partial charge in [-0.05, 0) is 62.6 Å². The molecule has 3 aromatic rings. The molecule has 1 fully saturated rings. The van der Waals surface area contributed by atoms with Gasteiger partial charge in [-0.1, -0.05) is 75.0 Å². The maximum Gasteiger partial charge on any atom is 0.233 e. The Morgan fingerprint density at radius 2 is 1.65 bits per heavy atom. The van der Waals surface area contributed by atoms with E-state index >= 15 is 0 Å². The Labute approximate surface area is 208 Å². The van der Waals surface area contributed by atoms with Crippen LogP contribution >= 0.6 is 11.8 Å². The first-order valence-electron chi connectivity index (χ1n) is 12.2. The van der Waals surface area contributed by atoms with Crippen LogP contribution in [0.25, 0.3) is 17.1 Å². The SMILES string of the molecule is Cc1ccccc1-n1c(SCC(=O)N2[C@H](C)CCC[C@@H]2C)nnc1-c1ccc(C(C)(C)C)cc1. The summed E-state index contributed by atoms with van der Waals surface area (Å²) in [7, 11) is 0. The van der Waals surface area contributed by atoms with E-state index in [1.54, 1.807) is 0 Å². The average Bonchev–Trinajstić information content (AvgIpc) is 3.21. The summed E-state index contributed by atoms with van der Waals surface area (Å²) in [5, 5.41) is 9.87. The van der Waals surface area contributed by atoms with Gasteiger partial charge >= 0.3 is 0 Å². The predicted octanol–water partition coefficient (Wildman–Crippen LogP) is 6.42. The molecule has 4 rings (SSSR count). The van der Waals surface area contributed by atoms with Gasteiger partial charge in [0.25, 0.3) is 0 Å². The Bertz CT molecular complexity index is 1140. The number of amides is 1. The minimum Gasteiger partial charge on any atom is -0.337 e. The van der Waals surface area contributed by atoms with E-state index in [9.17, 15) is 4.79 Å². The van der Waals surface area contributed by atoms with Gasteiger partial charge in [-0.2, -0.15) is 0 Å². The van der Waals surface area contributed by atoms with Crippen LogP contribution in [0.2, 0.25) is 0 Å². The molecule has 1 aromatic heterocycles. The second-order valence-corrected chi connectivity index (χ2v) is 11.4. The molecule has 0 aliphatic carbocycles. The van der Waals surface area contributed by atoms with E-state index in [-0.39, 0.29) is 11.3 Å². The zero-order valence-electron chi connectivity index (χ0n) is 21.2. The van der Waals surface area contributed by atoms with Crippen LogP contribution < -0.4 is 0 Å². The van der Waals surface area contributed by atoms with Crippen LogP contribution in [0.1, 0.15) is 65.0 Å². The van der Waals surface area contributed by atoms with E-state index in [4.69, 9.17) is 0 Å². The Hall–Kier alpha value is -2.60. The fourth-order valence-corrected chi connectivity index (χ4v) is 5.63. The summed E-state index contributed by atoms with van der Waals surface area (Å²) in [5.41, 5.74) is 4.56. The zero-order valence-corrected chi connectivity index (χ0v) is 22.0. The van der Waals surface area contributed by atoms with Gasteiger partial charge in [0.15, 0.2) is 11.0 Å². The van der Waals surface area contributed by atoms with Crippen molar-refractivity contribution in [1.82, 2.24) is 19.7 Å². The van der Waals surface area contributed by atoms with Crippen LogP contribution in [0, 0.1) is 6.92 Å². The third kappa shape index (κ3) is 5.07. The summed E-state index contributed by atoms with van der Waals surface area (Å²) in [4.78, 5) is 15.2. The van der Waals surface area contributed by atoms with Crippen molar-refractivity contribution in [2.24, 2.45) is 0 Å². The van der Waals surface area contributed by atoms with E-state index in [0.717, 1.165) is 40.6 Å². The summed E-state index contributed by atoms with van der Waals surface area (Å²) >= 11 is 1.48. The highest BCUT2D eigenvalue weighted by molar-refractivity contribution is 7.99. The second-order valence-electron chi connectivity index (χ2n) is 10.5. The average molecular weight is 477 g/mol. The first kappa shape index (κ1) is 24.5. The lowest BCUT2D eigenvalue weighted by molar-refractivity contribution is -0.134. The molecule has 1 aliphatic rings. The highest BCUT2D eigenvalue weighted by Crippen LogP contribution is 2.32. The smallest absolute Gasteiger partial charge is 0.233 e. The number of likely N-dealkylation sites (tertiary alicyclic amines) is 1. The maximum absolute atomic E-state index is 13.2. The highest BCUT2D eigenvalue weighted by atomic mass is 32.2. The lowest BCUT2D eigenvalue weighted by Crippen LogP contribution is -2.48. The van der Waals surface area contributed by atoms with Gasteiger partial charge < -0.3 is 4.90 Å². The number of hydrogen-bond acceptors (Lipinski definition) is 4. The Balaban J connectivity index is 1.66. The molecule has 34 heavy (non-hydrogen) atoms. The standard InChI is InChI=1S/C28H36N4OS/c1-19-10-7-8-13-24(19)32-26(22-14-16-23(17-15-22)28(4,5)6)29-30-27(32)34-18-25(33)31-20(2)11-9-12-21(31)3/h7-8,10,13-17,20-21H,9,11-12,18H2,1-6H3/t20-,21+. The van der Waals surface area contributed by atoms with Gasteiger partial charge in [0.1, 0.15) is 0 Å². The fraction of sp³-hybridized carbons (Fsp3) is 0.464. The van der Waals surface area contributed by atoms with Gasteiger partial charge in [0.05, 0.1) is 11.4 Å². The number of carbonyl (C=O) groups excluding carboxylic acids is 1. The van der Waals surface area contributed by atoms with E-state index < -0.39 is 0 Å². The van der Waals surface area contributed by atoms with Gasteiger partial charge in [-0.15, -0.1) is 10.2 Å². The number of aromatic nitrogens is 3. The lowest BCUT2D eigenvalue weighted by atomic mass is 9.87. The summed E-state index contributed by atoms with van der Waals surface area (Å²) in [6.45, 7) is 13.1. The van der Waals surface area contributed by atoms with Gasteiger partial charge in [0, 0.05) is 17.6 Å². The third-order valence-electron chi connectivity index (χ3n) is 6.81. The summed E-state index contributed by atoms with van der Waals surface area (Å²) in [6, 6.07) is 17.4.